The van der Waals surface area contributed by atoms with Crippen LogP contribution in [0.15, 0.2) is 54.6 Å². The largest absolute Gasteiger partial charge is 0.492 e. The lowest BCUT2D eigenvalue weighted by Crippen LogP contribution is -2.40. The highest BCUT2D eigenvalue weighted by Crippen LogP contribution is 2.15. The Morgan fingerprint density at radius 2 is 1.77 bits per heavy atom. The third-order valence-corrected chi connectivity index (χ3v) is 3.62. The molecule has 0 saturated heterocycles. The molecule has 0 atom stereocenters. The minimum atomic E-state index is -2.83. The Morgan fingerprint density at radius 1 is 1.08 bits per heavy atom. The predicted octanol–water partition coefficient (Wildman–Crippen LogP) is 3.55. The van der Waals surface area contributed by atoms with Gasteiger partial charge < -0.3 is 19.7 Å². The van der Waals surface area contributed by atoms with Crippen LogP contribution >= 0.6 is 0 Å². The van der Waals surface area contributed by atoms with Gasteiger partial charge in [0.1, 0.15) is 18.1 Å². The van der Waals surface area contributed by atoms with Crippen LogP contribution in [0.5, 0.6) is 11.5 Å². The standard InChI is InChI=1S/C19H22F2N2O3/c1-23(13-14-25-16-5-3-2-4-6-16)19(24)22-12-11-15-7-9-17(10-8-15)26-18(20)21/h2-10,18H,11-14H2,1H3,(H,22,24). The van der Waals surface area contributed by atoms with Gasteiger partial charge in [0, 0.05) is 13.6 Å². The monoisotopic (exact) mass is 364 g/mol. The number of rotatable bonds is 9. The third kappa shape index (κ3) is 6.96. The third-order valence-electron chi connectivity index (χ3n) is 3.62. The average molecular weight is 364 g/mol. The fourth-order valence-electron chi connectivity index (χ4n) is 2.20. The number of carbonyl (C=O) groups excluding carboxylic acids is 1. The van der Waals surface area contributed by atoms with Crippen molar-refractivity contribution in [1.82, 2.24) is 10.2 Å². The molecule has 0 fully saturated rings. The minimum absolute atomic E-state index is 0.117. The molecule has 0 unspecified atom stereocenters. The molecule has 0 radical (unpaired) electrons. The van der Waals surface area contributed by atoms with Crippen LogP contribution in [0.4, 0.5) is 13.6 Å². The number of para-hydroxylation sites is 1. The first-order valence-corrected chi connectivity index (χ1v) is 8.25. The van der Waals surface area contributed by atoms with Gasteiger partial charge in [0.25, 0.3) is 0 Å². The van der Waals surface area contributed by atoms with E-state index in [0.29, 0.717) is 26.1 Å². The lowest BCUT2D eigenvalue weighted by molar-refractivity contribution is -0.0498. The molecule has 2 aromatic rings. The van der Waals surface area contributed by atoms with Crippen LogP contribution in [0.2, 0.25) is 0 Å². The van der Waals surface area contributed by atoms with E-state index in [9.17, 15) is 13.6 Å². The van der Waals surface area contributed by atoms with Crippen LogP contribution in [0.1, 0.15) is 5.56 Å². The zero-order valence-electron chi connectivity index (χ0n) is 14.5. The van der Waals surface area contributed by atoms with E-state index in [0.717, 1.165) is 11.3 Å². The summed E-state index contributed by atoms with van der Waals surface area (Å²) >= 11 is 0. The van der Waals surface area contributed by atoms with Crippen molar-refractivity contribution in [2.75, 3.05) is 26.7 Å². The fraction of sp³-hybridized carbons (Fsp3) is 0.316. The lowest BCUT2D eigenvalue weighted by Gasteiger charge is -2.18. The number of likely N-dealkylation sites (N-methyl/N-ethyl adjacent to an activating group) is 1. The molecule has 0 aliphatic rings. The van der Waals surface area contributed by atoms with Gasteiger partial charge in [0.05, 0.1) is 6.54 Å². The number of nitrogens with one attached hydrogen (secondary N) is 1. The maximum absolute atomic E-state index is 12.1. The van der Waals surface area contributed by atoms with Crippen LogP contribution in [0.3, 0.4) is 0 Å². The molecule has 1 N–H and O–H groups in total. The zero-order chi connectivity index (χ0) is 18.8. The number of urea groups is 1. The van der Waals surface area contributed by atoms with Crippen molar-refractivity contribution in [2.45, 2.75) is 13.0 Å². The SMILES string of the molecule is CN(CCOc1ccccc1)C(=O)NCCc1ccc(OC(F)F)cc1. The molecule has 2 rings (SSSR count). The van der Waals surface area contributed by atoms with E-state index in [-0.39, 0.29) is 11.8 Å². The normalized spacial score (nSPS) is 10.5. The first kappa shape index (κ1) is 19.5. The number of ether oxygens (including phenoxy) is 2. The van der Waals surface area contributed by atoms with Gasteiger partial charge in [-0.3, -0.25) is 0 Å². The van der Waals surface area contributed by atoms with Crippen molar-refractivity contribution in [3.63, 3.8) is 0 Å². The Bertz CT molecular complexity index is 666. The van der Waals surface area contributed by atoms with Crippen LogP contribution in [0.25, 0.3) is 0 Å². The molecule has 0 heterocycles. The molecule has 140 valence electrons. The lowest BCUT2D eigenvalue weighted by atomic mass is 10.1. The van der Waals surface area contributed by atoms with Crippen molar-refractivity contribution >= 4 is 6.03 Å². The maximum Gasteiger partial charge on any atom is 0.387 e. The maximum atomic E-state index is 12.1. The van der Waals surface area contributed by atoms with Gasteiger partial charge in [-0.2, -0.15) is 8.78 Å². The summed E-state index contributed by atoms with van der Waals surface area (Å²) in [5.41, 5.74) is 0.919. The molecule has 26 heavy (non-hydrogen) atoms. The van der Waals surface area contributed by atoms with E-state index in [2.05, 4.69) is 10.1 Å². The van der Waals surface area contributed by atoms with E-state index >= 15 is 0 Å². The van der Waals surface area contributed by atoms with Crippen molar-refractivity contribution in [3.05, 3.63) is 60.2 Å². The molecule has 0 aromatic heterocycles. The molecule has 0 aliphatic heterocycles. The number of amides is 2. The number of nitrogens with zero attached hydrogens (tertiary/aromatic N) is 1. The number of alkyl halides is 2. The van der Waals surface area contributed by atoms with Crippen LogP contribution in [-0.2, 0) is 6.42 Å². The van der Waals surface area contributed by atoms with Gasteiger partial charge in [-0.15, -0.1) is 0 Å². The quantitative estimate of drug-likeness (QED) is 0.740. The van der Waals surface area contributed by atoms with Gasteiger partial charge in [0.15, 0.2) is 0 Å². The first-order valence-electron chi connectivity index (χ1n) is 8.25. The highest BCUT2D eigenvalue weighted by Gasteiger charge is 2.08. The van der Waals surface area contributed by atoms with Gasteiger partial charge in [0.2, 0.25) is 0 Å². The van der Waals surface area contributed by atoms with E-state index in [1.165, 1.54) is 12.1 Å². The molecular formula is C19H22F2N2O3. The number of hydrogen-bond donors (Lipinski definition) is 1. The Kier molecular flexibility index (Phi) is 7.67. The minimum Gasteiger partial charge on any atom is -0.492 e. The van der Waals surface area contributed by atoms with Crippen molar-refractivity contribution in [2.24, 2.45) is 0 Å². The van der Waals surface area contributed by atoms with Crippen LogP contribution in [-0.4, -0.2) is 44.3 Å². The van der Waals surface area contributed by atoms with E-state index in [4.69, 9.17) is 4.74 Å². The Hall–Kier alpha value is -2.83. The second-order valence-corrected chi connectivity index (χ2v) is 5.59. The van der Waals surface area contributed by atoms with E-state index in [1.807, 2.05) is 30.3 Å². The van der Waals surface area contributed by atoms with Gasteiger partial charge in [-0.05, 0) is 36.2 Å². The number of hydrogen-bond acceptors (Lipinski definition) is 3. The van der Waals surface area contributed by atoms with Gasteiger partial charge in [-0.1, -0.05) is 30.3 Å². The summed E-state index contributed by atoms with van der Waals surface area (Å²) < 4.78 is 34.0. The summed E-state index contributed by atoms with van der Waals surface area (Å²) in [4.78, 5) is 13.6. The van der Waals surface area contributed by atoms with Crippen molar-refractivity contribution < 1.29 is 23.0 Å². The van der Waals surface area contributed by atoms with Crippen LogP contribution in [0, 0.1) is 0 Å². The predicted molar refractivity (Wildman–Crippen MR) is 94.7 cm³/mol. The summed E-state index contributed by atoms with van der Waals surface area (Å²) in [6.45, 7) is -1.53. The molecule has 0 aliphatic carbocycles. The molecule has 0 spiro atoms. The van der Waals surface area contributed by atoms with Crippen molar-refractivity contribution in [1.29, 1.82) is 0 Å². The Balaban J connectivity index is 1.64. The second-order valence-electron chi connectivity index (χ2n) is 5.59. The molecule has 0 bridgehead atoms. The Labute approximate surface area is 151 Å². The van der Waals surface area contributed by atoms with Crippen LogP contribution < -0.4 is 14.8 Å². The van der Waals surface area contributed by atoms with Gasteiger partial charge >= 0.3 is 12.6 Å². The molecule has 2 amide bonds. The first-order chi connectivity index (χ1) is 12.5. The zero-order valence-corrected chi connectivity index (χ0v) is 14.5. The fourth-order valence-corrected chi connectivity index (χ4v) is 2.20. The summed E-state index contributed by atoms with van der Waals surface area (Å²) in [6.07, 6.45) is 0.592. The second kappa shape index (κ2) is 10.2. The summed E-state index contributed by atoms with van der Waals surface area (Å²) in [6, 6.07) is 15.6. The molecular weight excluding hydrogens is 342 g/mol. The smallest absolute Gasteiger partial charge is 0.387 e. The van der Waals surface area contributed by atoms with E-state index in [1.54, 1.807) is 24.1 Å². The molecule has 2 aromatic carbocycles. The summed E-state index contributed by atoms with van der Waals surface area (Å²) in [5, 5.41) is 2.81. The highest BCUT2D eigenvalue weighted by molar-refractivity contribution is 5.73. The van der Waals surface area contributed by atoms with E-state index < -0.39 is 6.61 Å². The topological polar surface area (TPSA) is 50.8 Å². The highest BCUT2D eigenvalue weighted by atomic mass is 19.3. The number of halogens is 2. The molecule has 7 heteroatoms. The van der Waals surface area contributed by atoms with Crippen molar-refractivity contribution in [3.8, 4) is 11.5 Å². The Morgan fingerprint density at radius 3 is 2.42 bits per heavy atom. The summed E-state index contributed by atoms with van der Waals surface area (Å²) in [5.74, 6) is 0.881. The van der Waals surface area contributed by atoms with Gasteiger partial charge in [-0.25, -0.2) is 4.79 Å². The molecule has 5 nitrogen and oxygen atoms in total. The summed E-state index contributed by atoms with van der Waals surface area (Å²) in [7, 11) is 1.69. The number of benzene rings is 2. The number of carbonyl (C=O) groups is 1. The molecule has 0 saturated carbocycles. The average Bonchev–Trinajstić information content (AvgIpc) is 2.63.